The predicted octanol–water partition coefficient (Wildman–Crippen LogP) is 2.01. The minimum atomic E-state index is 0.713. The molecule has 0 saturated heterocycles. The third kappa shape index (κ3) is 2.90. The summed E-state index contributed by atoms with van der Waals surface area (Å²) in [5, 5.41) is 0. The molecule has 16 heavy (non-hydrogen) atoms. The molecule has 0 atom stereocenters. The van der Waals surface area contributed by atoms with Crippen LogP contribution in [0.15, 0.2) is 35.2 Å². The van der Waals surface area contributed by atoms with Gasteiger partial charge in [-0.1, -0.05) is 6.07 Å². The fraction of sp³-hybridized carbons (Fsp3) is 0.333. The van der Waals surface area contributed by atoms with Crippen LogP contribution in [0.2, 0.25) is 0 Å². The maximum atomic E-state index is 5.17. The van der Waals surface area contributed by atoms with Crippen LogP contribution in [-0.4, -0.2) is 21.9 Å². The second-order valence-corrected chi connectivity index (χ2v) is 3.89. The predicted molar refractivity (Wildman–Crippen MR) is 60.6 cm³/mol. The van der Waals surface area contributed by atoms with E-state index in [1.165, 1.54) is 5.56 Å². The van der Waals surface area contributed by atoms with Gasteiger partial charge in [0.2, 0.25) is 0 Å². The van der Waals surface area contributed by atoms with Gasteiger partial charge in [0.15, 0.2) is 5.89 Å². The molecular formula is C12H15N3O. The molecule has 0 aliphatic rings. The number of rotatable bonds is 4. The summed E-state index contributed by atoms with van der Waals surface area (Å²) in [6.07, 6.45) is 5.37. The van der Waals surface area contributed by atoms with Crippen LogP contribution in [0.3, 0.4) is 0 Å². The lowest BCUT2D eigenvalue weighted by atomic mass is 10.2. The number of hydrogen-bond acceptors (Lipinski definition) is 4. The summed E-state index contributed by atoms with van der Waals surface area (Å²) < 4.78 is 5.17. The summed E-state index contributed by atoms with van der Waals surface area (Å²) in [5.41, 5.74) is 2.16. The molecule has 0 aliphatic heterocycles. The second-order valence-electron chi connectivity index (χ2n) is 3.89. The highest BCUT2D eigenvalue weighted by Crippen LogP contribution is 2.06. The van der Waals surface area contributed by atoms with Crippen molar-refractivity contribution in [2.24, 2.45) is 0 Å². The Kier molecular flexibility index (Phi) is 3.31. The van der Waals surface area contributed by atoms with Crippen LogP contribution in [0, 0.1) is 6.92 Å². The van der Waals surface area contributed by atoms with Gasteiger partial charge in [0.1, 0.15) is 6.26 Å². The van der Waals surface area contributed by atoms with E-state index in [4.69, 9.17) is 4.42 Å². The smallest absolute Gasteiger partial charge is 0.191 e. The van der Waals surface area contributed by atoms with Crippen molar-refractivity contribution in [3.05, 3.63) is 47.9 Å². The Morgan fingerprint density at radius 2 is 2.25 bits per heavy atom. The Balaban J connectivity index is 1.92. The molecule has 2 aromatic rings. The lowest BCUT2D eigenvalue weighted by Crippen LogP contribution is -2.17. The maximum absolute atomic E-state index is 5.17. The van der Waals surface area contributed by atoms with E-state index in [9.17, 15) is 0 Å². The molecule has 0 bridgehead atoms. The van der Waals surface area contributed by atoms with E-state index in [2.05, 4.69) is 28.0 Å². The lowest BCUT2D eigenvalue weighted by molar-refractivity contribution is 0.314. The average Bonchev–Trinajstić information content (AvgIpc) is 2.65. The highest BCUT2D eigenvalue weighted by atomic mass is 16.3. The van der Waals surface area contributed by atoms with Gasteiger partial charge in [-0.2, -0.15) is 0 Å². The summed E-state index contributed by atoms with van der Waals surface area (Å²) in [6.45, 7) is 3.50. The number of oxazole rings is 1. The third-order valence-corrected chi connectivity index (χ3v) is 2.27. The van der Waals surface area contributed by atoms with Gasteiger partial charge < -0.3 is 4.42 Å². The number of pyridine rings is 1. The molecule has 0 saturated carbocycles. The second kappa shape index (κ2) is 4.90. The van der Waals surface area contributed by atoms with Crippen LogP contribution < -0.4 is 0 Å². The SMILES string of the molecule is Cc1nc(CN(C)Cc2cccnc2)co1. The fourth-order valence-electron chi connectivity index (χ4n) is 1.62. The monoisotopic (exact) mass is 217 g/mol. The molecule has 0 fully saturated rings. The lowest BCUT2D eigenvalue weighted by Gasteiger charge is -2.14. The third-order valence-electron chi connectivity index (χ3n) is 2.27. The van der Waals surface area contributed by atoms with E-state index in [0.29, 0.717) is 5.89 Å². The van der Waals surface area contributed by atoms with Crippen molar-refractivity contribution in [1.29, 1.82) is 0 Å². The fourth-order valence-corrected chi connectivity index (χ4v) is 1.62. The minimum absolute atomic E-state index is 0.713. The van der Waals surface area contributed by atoms with Crippen molar-refractivity contribution in [2.45, 2.75) is 20.0 Å². The molecule has 0 aromatic carbocycles. The van der Waals surface area contributed by atoms with Crippen LogP contribution in [-0.2, 0) is 13.1 Å². The minimum Gasteiger partial charge on any atom is -0.449 e. The van der Waals surface area contributed by atoms with E-state index in [1.807, 2.05) is 19.2 Å². The van der Waals surface area contributed by atoms with Gasteiger partial charge in [0, 0.05) is 32.4 Å². The van der Waals surface area contributed by atoms with Gasteiger partial charge in [0.25, 0.3) is 0 Å². The average molecular weight is 217 g/mol. The molecule has 0 N–H and O–H groups in total. The number of aromatic nitrogens is 2. The zero-order valence-electron chi connectivity index (χ0n) is 9.55. The molecule has 0 radical (unpaired) electrons. The molecule has 84 valence electrons. The van der Waals surface area contributed by atoms with Crippen molar-refractivity contribution in [3.63, 3.8) is 0 Å². The highest BCUT2D eigenvalue weighted by molar-refractivity contribution is 5.08. The van der Waals surface area contributed by atoms with Crippen LogP contribution in [0.5, 0.6) is 0 Å². The highest BCUT2D eigenvalue weighted by Gasteiger charge is 2.05. The Morgan fingerprint density at radius 3 is 2.88 bits per heavy atom. The van der Waals surface area contributed by atoms with Crippen molar-refractivity contribution in [1.82, 2.24) is 14.9 Å². The molecule has 2 rings (SSSR count). The Morgan fingerprint density at radius 1 is 1.38 bits per heavy atom. The van der Waals surface area contributed by atoms with Crippen molar-refractivity contribution in [3.8, 4) is 0 Å². The molecule has 0 unspecified atom stereocenters. The molecular weight excluding hydrogens is 202 g/mol. The number of aryl methyl sites for hydroxylation is 1. The van der Waals surface area contributed by atoms with Crippen LogP contribution in [0.4, 0.5) is 0 Å². The summed E-state index contributed by atoms with van der Waals surface area (Å²) in [4.78, 5) is 10.5. The zero-order chi connectivity index (χ0) is 11.4. The number of nitrogens with zero attached hydrogens (tertiary/aromatic N) is 3. The van der Waals surface area contributed by atoms with Crippen molar-refractivity contribution >= 4 is 0 Å². The summed E-state index contributed by atoms with van der Waals surface area (Å²) >= 11 is 0. The van der Waals surface area contributed by atoms with Crippen molar-refractivity contribution in [2.75, 3.05) is 7.05 Å². The molecule has 2 heterocycles. The first-order valence-corrected chi connectivity index (χ1v) is 5.22. The first-order chi connectivity index (χ1) is 7.74. The Labute approximate surface area is 94.9 Å². The first-order valence-electron chi connectivity index (χ1n) is 5.22. The molecule has 2 aromatic heterocycles. The normalized spacial score (nSPS) is 10.9. The van der Waals surface area contributed by atoms with Gasteiger partial charge in [-0.05, 0) is 18.7 Å². The van der Waals surface area contributed by atoms with E-state index in [1.54, 1.807) is 12.5 Å². The molecule has 0 aliphatic carbocycles. The Hall–Kier alpha value is -1.68. The molecule has 4 nitrogen and oxygen atoms in total. The summed E-state index contributed by atoms with van der Waals surface area (Å²) in [7, 11) is 2.05. The van der Waals surface area contributed by atoms with Crippen LogP contribution >= 0.6 is 0 Å². The van der Waals surface area contributed by atoms with Gasteiger partial charge in [0.05, 0.1) is 5.69 Å². The van der Waals surface area contributed by atoms with E-state index >= 15 is 0 Å². The van der Waals surface area contributed by atoms with E-state index < -0.39 is 0 Å². The van der Waals surface area contributed by atoms with E-state index in [0.717, 1.165) is 18.8 Å². The van der Waals surface area contributed by atoms with Gasteiger partial charge in [-0.3, -0.25) is 9.88 Å². The van der Waals surface area contributed by atoms with Crippen LogP contribution in [0.1, 0.15) is 17.1 Å². The first kappa shape index (κ1) is 10.8. The topological polar surface area (TPSA) is 42.2 Å². The van der Waals surface area contributed by atoms with Crippen LogP contribution in [0.25, 0.3) is 0 Å². The van der Waals surface area contributed by atoms with E-state index in [-0.39, 0.29) is 0 Å². The molecule has 0 amide bonds. The quantitative estimate of drug-likeness (QED) is 0.785. The maximum Gasteiger partial charge on any atom is 0.191 e. The molecule has 0 spiro atoms. The molecule has 4 heteroatoms. The van der Waals surface area contributed by atoms with Gasteiger partial charge in [-0.15, -0.1) is 0 Å². The van der Waals surface area contributed by atoms with Gasteiger partial charge in [-0.25, -0.2) is 4.98 Å². The zero-order valence-corrected chi connectivity index (χ0v) is 9.55. The summed E-state index contributed by atoms with van der Waals surface area (Å²) in [6, 6.07) is 4.01. The van der Waals surface area contributed by atoms with Crippen molar-refractivity contribution < 1.29 is 4.42 Å². The summed E-state index contributed by atoms with van der Waals surface area (Å²) in [5.74, 6) is 0.713. The standard InChI is InChI=1S/C12H15N3O/c1-10-14-12(9-16-10)8-15(2)7-11-4-3-5-13-6-11/h3-6,9H,7-8H2,1-2H3. The largest absolute Gasteiger partial charge is 0.449 e. The Bertz CT molecular complexity index is 439. The number of hydrogen-bond donors (Lipinski definition) is 0. The van der Waals surface area contributed by atoms with Gasteiger partial charge >= 0.3 is 0 Å².